The van der Waals surface area contributed by atoms with E-state index in [4.69, 9.17) is 9.47 Å². The fourth-order valence-corrected chi connectivity index (χ4v) is 1.92. The second-order valence-corrected chi connectivity index (χ2v) is 3.94. The molecule has 1 aromatic carbocycles. The molecular formula is C13H15NO3. The number of hydrogen-bond donors (Lipinski definition) is 1. The number of fused-ring (bicyclic) bond motifs is 1. The molecular weight excluding hydrogens is 218 g/mol. The molecule has 0 atom stereocenters. The Kier molecular flexibility index (Phi) is 3.04. The first-order valence-corrected chi connectivity index (χ1v) is 5.37. The van der Waals surface area contributed by atoms with E-state index in [1.165, 1.54) is 0 Å². The summed E-state index contributed by atoms with van der Waals surface area (Å²) >= 11 is 0. The summed E-state index contributed by atoms with van der Waals surface area (Å²) in [6.45, 7) is 1.58. The van der Waals surface area contributed by atoms with E-state index >= 15 is 0 Å². The topological polar surface area (TPSA) is 51.3 Å². The summed E-state index contributed by atoms with van der Waals surface area (Å²) in [6, 6.07) is 3.73. The average molecular weight is 233 g/mol. The Balaban J connectivity index is 2.61. The van der Waals surface area contributed by atoms with Crippen LogP contribution >= 0.6 is 0 Å². The maximum atomic E-state index is 11.2. The van der Waals surface area contributed by atoms with Gasteiger partial charge in [-0.15, -0.1) is 0 Å². The lowest BCUT2D eigenvalue weighted by Crippen LogP contribution is -1.95. The first-order chi connectivity index (χ1) is 8.15. The molecule has 90 valence electrons. The highest BCUT2D eigenvalue weighted by Gasteiger charge is 2.11. The van der Waals surface area contributed by atoms with Crippen molar-refractivity contribution in [3.63, 3.8) is 0 Å². The number of ketones is 1. The molecule has 4 nitrogen and oxygen atoms in total. The van der Waals surface area contributed by atoms with Gasteiger partial charge in [0.15, 0.2) is 0 Å². The number of ether oxygens (including phenoxy) is 2. The second-order valence-electron chi connectivity index (χ2n) is 3.94. The predicted octanol–water partition coefficient (Wildman–Crippen LogP) is 2.32. The smallest absolute Gasteiger partial charge is 0.146 e. The van der Waals surface area contributed by atoms with Gasteiger partial charge in [0.2, 0.25) is 0 Å². The summed E-state index contributed by atoms with van der Waals surface area (Å²) < 4.78 is 10.5. The number of nitrogens with one attached hydrogen (secondary N) is 1. The number of Topliss-reactive ketones (excluding diaryl/α,β-unsaturated/α-hetero) is 1. The number of aromatic nitrogens is 1. The van der Waals surface area contributed by atoms with Crippen molar-refractivity contribution in [2.75, 3.05) is 14.2 Å². The molecule has 0 radical (unpaired) electrons. The van der Waals surface area contributed by atoms with Crippen molar-refractivity contribution in [1.82, 2.24) is 4.98 Å². The van der Waals surface area contributed by atoms with Crippen LogP contribution in [0.15, 0.2) is 18.3 Å². The predicted molar refractivity (Wildman–Crippen MR) is 65.8 cm³/mol. The third kappa shape index (κ3) is 2.11. The molecule has 2 rings (SSSR count). The molecule has 2 aromatic rings. The van der Waals surface area contributed by atoms with Crippen molar-refractivity contribution in [2.24, 2.45) is 0 Å². The fraction of sp³-hybridized carbons (Fsp3) is 0.308. The van der Waals surface area contributed by atoms with Gasteiger partial charge in [0.25, 0.3) is 0 Å². The number of rotatable bonds is 4. The van der Waals surface area contributed by atoms with Crippen LogP contribution in [0.5, 0.6) is 11.5 Å². The molecule has 0 saturated carbocycles. The zero-order valence-electron chi connectivity index (χ0n) is 10.2. The molecule has 0 aliphatic heterocycles. The average Bonchev–Trinajstić information content (AvgIpc) is 2.70. The van der Waals surface area contributed by atoms with Gasteiger partial charge < -0.3 is 14.5 Å². The quantitative estimate of drug-likeness (QED) is 0.881. The standard InChI is InChI=1S/C13H15NO3/c1-8(15)4-9-7-14-13-11(9)5-10(16-2)6-12(13)17-3/h5-7,14H,4H2,1-3H3. The Morgan fingerprint density at radius 3 is 2.65 bits per heavy atom. The summed E-state index contributed by atoms with van der Waals surface area (Å²) in [5.41, 5.74) is 1.86. The minimum atomic E-state index is 0.132. The Morgan fingerprint density at radius 2 is 2.06 bits per heavy atom. The second kappa shape index (κ2) is 4.49. The number of aromatic amines is 1. The molecule has 0 spiro atoms. The van der Waals surface area contributed by atoms with Gasteiger partial charge in [0.1, 0.15) is 17.3 Å². The highest BCUT2D eigenvalue weighted by atomic mass is 16.5. The van der Waals surface area contributed by atoms with Gasteiger partial charge in [-0.05, 0) is 18.6 Å². The van der Waals surface area contributed by atoms with E-state index in [0.29, 0.717) is 12.2 Å². The molecule has 0 fully saturated rings. The number of H-pyrrole nitrogens is 1. The van der Waals surface area contributed by atoms with Crippen molar-refractivity contribution < 1.29 is 14.3 Å². The van der Waals surface area contributed by atoms with E-state index in [1.807, 2.05) is 18.3 Å². The Labute approximate surface area is 99.5 Å². The number of carbonyl (C=O) groups is 1. The van der Waals surface area contributed by atoms with Gasteiger partial charge in [0.05, 0.1) is 19.7 Å². The van der Waals surface area contributed by atoms with E-state index in [1.54, 1.807) is 21.1 Å². The Bertz CT molecular complexity index is 557. The summed E-state index contributed by atoms with van der Waals surface area (Å²) in [5.74, 6) is 1.57. The number of benzene rings is 1. The van der Waals surface area contributed by atoms with Crippen molar-refractivity contribution >= 4 is 16.7 Å². The van der Waals surface area contributed by atoms with E-state index in [2.05, 4.69) is 4.98 Å². The maximum absolute atomic E-state index is 11.2. The molecule has 0 aliphatic carbocycles. The lowest BCUT2D eigenvalue weighted by molar-refractivity contribution is -0.116. The number of methoxy groups -OCH3 is 2. The summed E-state index contributed by atoms with van der Waals surface area (Å²) in [7, 11) is 3.22. The SMILES string of the molecule is COc1cc(OC)c2[nH]cc(CC(C)=O)c2c1. The van der Waals surface area contributed by atoms with Crippen LogP contribution in [-0.2, 0) is 11.2 Å². The molecule has 0 aliphatic rings. The van der Waals surface area contributed by atoms with Gasteiger partial charge in [-0.1, -0.05) is 0 Å². The fourth-order valence-electron chi connectivity index (χ4n) is 1.92. The zero-order chi connectivity index (χ0) is 12.4. The Morgan fingerprint density at radius 1 is 1.29 bits per heavy atom. The number of carbonyl (C=O) groups excluding carboxylic acids is 1. The van der Waals surface area contributed by atoms with Gasteiger partial charge in [-0.25, -0.2) is 0 Å². The van der Waals surface area contributed by atoms with E-state index in [-0.39, 0.29) is 5.78 Å². The molecule has 0 saturated heterocycles. The van der Waals surface area contributed by atoms with Gasteiger partial charge in [0, 0.05) is 24.1 Å². The van der Waals surface area contributed by atoms with E-state index < -0.39 is 0 Å². The molecule has 1 heterocycles. The highest BCUT2D eigenvalue weighted by molar-refractivity contribution is 5.93. The molecule has 0 unspecified atom stereocenters. The molecule has 1 N–H and O–H groups in total. The van der Waals surface area contributed by atoms with Gasteiger partial charge in [-0.2, -0.15) is 0 Å². The molecule has 4 heteroatoms. The minimum Gasteiger partial charge on any atom is -0.497 e. The maximum Gasteiger partial charge on any atom is 0.146 e. The van der Waals surface area contributed by atoms with Crippen LogP contribution in [0.1, 0.15) is 12.5 Å². The molecule has 1 aromatic heterocycles. The summed E-state index contributed by atoms with van der Waals surface area (Å²) in [5, 5.41) is 0.969. The lowest BCUT2D eigenvalue weighted by Gasteiger charge is -2.06. The van der Waals surface area contributed by atoms with E-state index in [0.717, 1.165) is 22.2 Å². The largest absolute Gasteiger partial charge is 0.497 e. The highest BCUT2D eigenvalue weighted by Crippen LogP contribution is 2.32. The van der Waals surface area contributed by atoms with Crippen molar-refractivity contribution in [3.05, 3.63) is 23.9 Å². The third-order valence-corrected chi connectivity index (χ3v) is 2.71. The first-order valence-electron chi connectivity index (χ1n) is 5.37. The van der Waals surface area contributed by atoms with Crippen LogP contribution in [0, 0.1) is 0 Å². The molecule has 17 heavy (non-hydrogen) atoms. The minimum absolute atomic E-state index is 0.132. The first kappa shape index (κ1) is 11.5. The van der Waals surface area contributed by atoms with Crippen molar-refractivity contribution in [2.45, 2.75) is 13.3 Å². The van der Waals surface area contributed by atoms with Crippen LogP contribution in [0.2, 0.25) is 0 Å². The van der Waals surface area contributed by atoms with Crippen LogP contribution in [0.3, 0.4) is 0 Å². The van der Waals surface area contributed by atoms with E-state index in [9.17, 15) is 4.79 Å². The van der Waals surface area contributed by atoms with Crippen molar-refractivity contribution in [1.29, 1.82) is 0 Å². The normalized spacial score (nSPS) is 10.5. The van der Waals surface area contributed by atoms with Gasteiger partial charge >= 0.3 is 0 Å². The monoisotopic (exact) mass is 233 g/mol. The molecule has 0 bridgehead atoms. The summed E-state index contributed by atoms with van der Waals surface area (Å²) in [6.07, 6.45) is 2.25. The van der Waals surface area contributed by atoms with Gasteiger partial charge in [-0.3, -0.25) is 4.79 Å². The number of hydrogen-bond acceptors (Lipinski definition) is 3. The third-order valence-electron chi connectivity index (χ3n) is 2.71. The summed E-state index contributed by atoms with van der Waals surface area (Å²) in [4.78, 5) is 14.3. The van der Waals surface area contributed by atoms with Crippen LogP contribution < -0.4 is 9.47 Å². The zero-order valence-corrected chi connectivity index (χ0v) is 10.2. The van der Waals surface area contributed by atoms with Crippen LogP contribution in [-0.4, -0.2) is 25.0 Å². The van der Waals surface area contributed by atoms with Crippen LogP contribution in [0.4, 0.5) is 0 Å². The Hall–Kier alpha value is -1.97. The van der Waals surface area contributed by atoms with Crippen LogP contribution in [0.25, 0.3) is 10.9 Å². The lowest BCUT2D eigenvalue weighted by atomic mass is 10.1. The molecule has 0 amide bonds. The van der Waals surface area contributed by atoms with Crippen molar-refractivity contribution in [3.8, 4) is 11.5 Å².